The Morgan fingerprint density at radius 2 is 2.06 bits per heavy atom. The standard InChI is InChI=1S/C23H38N4O4/c1-24-23(27-7-6-21(18-27)19-30-15-14-28-2)25-17-20-4-3-5-22(16-20)31-13-10-26-8-11-29-12-9-26/h3-5,16,21H,6-15,17-19H2,1-2H3,(H,24,25). The van der Waals surface area contributed by atoms with Crippen molar-refractivity contribution in [2.45, 2.75) is 13.0 Å². The Bertz CT molecular complexity index is 667. The van der Waals surface area contributed by atoms with E-state index in [1.165, 1.54) is 5.56 Å². The third-order valence-corrected chi connectivity index (χ3v) is 5.71. The molecule has 0 amide bonds. The summed E-state index contributed by atoms with van der Waals surface area (Å²) in [6, 6.07) is 8.29. The lowest BCUT2D eigenvalue weighted by molar-refractivity contribution is 0.0322. The first-order chi connectivity index (χ1) is 15.3. The molecular formula is C23H38N4O4. The molecule has 8 nitrogen and oxygen atoms in total. The van der Waals surface area contributed by atoms with Crippen molar-refractivity contribution in [2.24, 2.45) is 10.9 Å². The van der Waals surface area contributed by atoms with Crippen LogP contribution in [0.3, 0.4) is 0 Å². The van der Waals surface area contributed by atoms with Gasteiger partial charge in [0, 0.05) is 59.3 Å². The summed E-state index contributed by atoms with van der Waals surface area (Å²) in [6.45, 7) is 10.0. The van der Waals surface area contributed by atoms with Gasteiger partial charge in [-0.15, -0.1) is 0 Å². The van der Waals surface area contributed by atoms with Gasteiger partial charge in [0.2, 0.25) is 0 Å². The molecule has 1 aromatic rings. The smallest absolute Gasteiger partial charge is 0.193 e. The number of benzene rings is 1. The van der Waals surface area contributed by atoms with Crippen LogP contribution in [-0.2, 0) is 20.8 Å². The summed E-state index contributed by atoms with van der Waals surface area (Å²) in [7, 11) is 3.54. The molecule has 0 aliphatic carbocycles. The quantitative estimate of drug-likeness (QED) is 0.321. The van der Waals surface area contributed by atoms with Crippen molar-refractivity contribution in [2.75, 3.05) is 86.5 Å². The van der Waals surface area contributed by atoms with E-state index in [0.717, 1.165) is 77.2 Å². The van der Waals surface area contributed by atoms with Gasteiger partial charge in [0.25, 0.3) is 0 Å². The van der Waals surface area contributed by atoms with E-state index in [9.17, 15) is 0 Å². The van der Waals surface area contributed by atoms with Crippen LogP contribution in [0.25, 0.3) is 0 Å². The van der Waals surface area contributed by atoms with Crippen molar-refractivity contribution < 1.29 is 18.9 Å². The van der Waals surface area contributed by atoms with Gasteiger partial charge in [-0.25, -0.2) is 0 Å². The zero-order chi connectivity index (χ0) is 21.7. The van der Waals surface area contributed by atoms with Crippen LogP contribution in [-0.4, -0.2) is 102 Å². The number of likely N-dealkylation sites (tertiary alicyclic amines) is 1. The fourth-order valence-corrected chi connectivity index (χ4v) is 3.93. The van der Waals surface area contributed by atoms with Crippen molar-refractivity contribution >= 4 is 5.96 Å². The van der Waals surface area contributed by atoms with Crippen LogP contribution in [0.15, 0.2) is 29.3 Å². The van der Waals surface area contributed by atoms with Crippen molar-refractivity contribution in [1.29, 1.82) is 0 Å². The lowest BCUT2D eigenvalue weighted by Crippen LogP contribution is -2.39. The van der Waals surface area contributed by atoms with E-state index in [0.29, 0.717) is 25.7 Å². The second-order valence-corrected chi connectivity index (χ2v) is 8.02. The highest BCUT2D eigenvalue weighted by molar-refractivity contribution is 5.80. The number of morpholine rings is 1. The minimum atomic E-state index is 0.540. The number of nitrogens with one attached hydrogen (secondary N) is 1. The van der Waals surface area contributed by atoms with Gasteiger partial charge < -0.3 is 29.2 Å². The molecule has 0 saturated carbocycles. The van der Waals surface area contributed by atoms with E-state index in [1.54, 1.807) is 7.11 Å². The van der Waals surface area contributed by atoms with Gasteiger partial charge in [-0.1, -0.05) is 12.1 Å². The average Bonchev–Trinajstić information content (AvgIpc) is 3.27. The van der Waals surface area contributed by atoms with Crippen molar-refractivity contribution in [3.05, 3.63) is 29.8 Å². The van der Waals surface area contributed by atoms with Crippen LogP contribution in [0.1, 0.15) is 12.0 Å². The number of rotatable bonds is 11. The number of ether oxygens (including phenoxy) is 4. The molecule has 2 saturated heterocycles. The largest absolute Gasteiger partial charge is 0.492 e. The molecule has 0 bridgehead atoms. The number of aliphatic imine (C=N–C) groups is 1. The summed E-state index contributed by atoms with van der Waals surface area (Å²) in [6.07, 6.45) is 1.13. The Kier molecular flexibility index (Phi) is 10.4. The Morgan fingerprint density at radius 1 is 1.19 bits per heavy atom. The molecule has 2 heterocycles. The Labute approximate surface area is 186 Å². The van der Waals surface area contributed by atoms with Crippen LogP contribution in [0, 0.1) is 5.92 Å². The number of hydrogen-bond donors (Lipinski definition) is 1. The molecule has 1 N–H and O–H groups in total. The predicted octanol–water partition coefficient (Wildman–Crippen LogP) is 1.46. The Hall–Kier alpha value is -1.87. The van der Waals surface area contributed by atoms with E-state index >= 15 is 0 Å². The summed E-state index contributed by atoms with van der Waals surface area (Å²) in [5.74, 6) is 2.40. The molecular weight excluding hydrogens is 396 g/mol. The molecule has 2 aliphatic heterocycles. The van der Waals surface area contributed by atoms with Gasteiger partial charge in [-0.2, -0.15) is 0 Å². The van der Waals surface area contributed by atoms with Crippen molar-refractivity contribution in [1.82, 2.24) is 15.1 Å². The molecule has 1 unspecified atom stereocenters. The van der Waals surface area contributed by atoms with E-state index in [4.69, 9.17) is 18.9 Å². The summed E-state index contributed by atoms with van der Waals surface area (Å²) >= 11 is 0. The van der Waals surface area contributed by atoms with Gasteiger partial charge in [0.1, 0.15) is 12.4 Å². The molecule has 2 aliphatic rings. The second-order valence-electron chi connectivity index (χ2n) is 8.02. The van der Waals surface area contributed by atoms with Crippen LogP contribution in [0.5, 0.6) is 5.75 Å². The number of nitrogens with zero attached hydrogens (tertiary/aromatic N) is 3. The van der Waals surface area contributed by atoms with Gasteiger partial charge in [0.15, 0.2) is 5.96 Å². The maximum atomic E-state index is 5.98. The lowest BCUT2D eigenvalue weighted by atomic mass is 10.1. The monoisotopic (exact) mass is 434 g/mol. The van der Waals surface area contributed by atoms with Crippen molar-refractivity contribution in [3.63, 3.8) is 0 Å². The second kappa shape index (κ2) is 13.5. The maximum Gasteiger partial charge on any atom is 0.193 e. The molecule has 1 aromatic carbocycles. The minimum absolute atomic E-state index is 0.540. The molecule has 1 atom stereocenters. The molecule has 2 fully saturated rings. The first-order valence-corrected chi connectivity index (χ1v) is 11.3. The molecule has 31 heavy (non-hydrogen) atoms. The fraction of sp³-hybridized carbons (Fsp3) is 0.696. The highest BCUT2D eigenvalue weighted by atomic mass is 16.5. The molecule has 0 aromatic heterocycles. The van der Waals surface area contributed by atoms with E-state index < -0.39 is 0 Å². The Balaban J connectivity index is 1.38. The van der Waals surface area contributed by atoms with E-state index in [1.807, 2.05) is 19.2 Å². The normalized spacial score (nSPS) is 20.3. The van der Waals surface area contributed by atoms with Crippen LogP contribution in [0.2, 0.25) is 0 Å². The average molecular weight is 435 g/mol. The first-order valence-electron chi connectivity index (χ1n) is 11.3. The van der Waals surface area contributed by atoms with Crippen LogP contribution >= 0.6 is 0 Å². The van der Waals surface area contributed by atoms with Gasteiger partial charge >= 0.3 is 0 Å². The van der Waals surface area contributed by atoms with Gasteiger partial charge in [-0.05, 0) is 24.1 Å². The third kappa shape index (κ3) is 8.29. The fourth-order valence-electron chi connectivity index (χ4n) is 3.93. The zero-order valence-electron chi connectivity index (χ0n) is 19.1. The number of methoxy groups -OCH3 is 1. The third-order valence-electron chi connectivity index (χ3n) is 5.71. The summed E-state index contributed by atoms with van der Waals surface area (Å²) in [4.78, 5) is 9.17. The lowest BCUT2D eigenvalue weighted by Gasteiger charge is -2.26. The molecule has 0 radical (unpaired) electrons. The highest BCUT2D eigenvalue weighted by Crippen LogP contribution is 2.17. The minimum Gasteiger partial charge on any atom is -0.492 e. The molecule has 8 heteroatoms. The summed E-state index contributed by atoms with van der Waals surface area (Å²) < 4.78 is 22.1. The first kappa shape index (κ1) is 23.8. The number of hydrogen-bond acceptors (Lipinski definition) is 6. The maximum absolute atomic E-state index is 5.98. The van der Waals surface area contributed by atoms with Gasteiger partial charge in [0.05, 0.1) is 33.0 Å². The van der Waals surface area contributed by atoms with Gasteiger partial charge in [-0.3, -0.25) is 9.89 Å². The molecule has 174 valence electrons. The number of guanidine groups is 1. The van der Waals surface area contributed by atoms with Crippen LogP contribution < -0.4 is 10.1 Å². The SMILES string of the molecule is CN=C(NCc1cccc(OCCN2CCOCC2)c1)N1CCC(COCCOC)C1. The topological polar surface area (TPSA) is 67.8 Å². The van der Waals surface area contributed by atoms with Crippen LogP contribution in [0.4, 0.5) is 0 Å². The molecule has 0 spiro atoms. The summed E-state index contributed by atoms with van der Waals surface area (Å²) in [5.41, 5.74) is 1.18. The summed E-state index contributed by atoms with van der Waals surface area (Å²) in [5, 5.41) is 3.50. The predicted molar refractivity (Wildman–Crippen MR) is 122 cm³/mol. The zero-order valence-corrected chi connectivity index (χ0v) is 19.1. The highest BCUT2D eigenvalue weighted by Gasteiger charge is 2.24. The van der Waals surface area contributed by atoms with E-state index in [2.05, 4.69) is 32.2 Å². The Morgan fingerprint density at radius 3 is 2.87 bits per heavy atom. The van der Waals surface area contributed by atoms with E-state index in [-0.39, 0.29) is 0 Å². The van der Waals surface area contributed by atoms with Crippen molar-refractivity contribution in [3.8, 4) is 5.75 Å². The molecule has 3 rings (SSSR count).